The van der Waals surface area contributed by atoms with Gasteiger partial charge in [0.05, 0.1) is 12.0 Å². The molecule has 1 aromatic rings. The summed E-state index contributed by atoms with van der Waals surface area (Å²) in [6.07, 6.45) is 4.32. The van der Waals surface area contributed by atoms with Gasteiger partial charge in [-0.15, -0.1) is 0 Å². The van der Waals surface area contributed by atoms with Gasteiger partial charge in [0, 0.05) is 11.1 Å². The second-order valence-electron chi connectivity index (χ2n) is 5.29. The predicted molar refractivity (Wildman–Crippen MR) is 80.6 cm³/mol. The van der Waals surface area contributed by atoms with Crippen LogP contribution < -0.4 is 15.2 Å². The molecule has 118 valence electrons. The summed E-state index contributed by atoms with van der Waals surface area (Å²) in [5.41, 5.74) is -0.682. The monoisotopic (exact) mass is 305 g/mol. The minimum Gasteiger partial charge on any atom is -0.763 e. The van der Waals surface area contributed by atoms with E-state index >= 15 is 0 Å². The summed E-state index contributed by atoms with van der Waals surface area (Å²) in [6, 6.07) is 1.21. The molecular formula is C15H17N2O5-. The first-order valence-corrected chi connectivity index (χ1v) is 7.05. The van der Waals surface area contributed by atoms with Gasteiger partial charge in [-0.2, -0.15) is 0 Å². The first kappa shape index (κ1) is 15.9. The Morgan fingerprint density at radius 3 is 2.59 bits per heavy atom. The number of aliphatic hydroxyl groups is 1. The van der Waals surface area contributed by atoms with Gasteiger partial charge < -0.3 is 20.4 Å². The lowest BCUT2D eigenvalue weighted by atomic mass is 9.87. The molecule has 0 spiro atoms. The van der Waals surface area contributed by atoms with Gasteiger partial charge in [0.2, 0.25) is 5.75 Å². The maximum atomic E-state index is 11.3. The van der Waals surface area contributed by atoms with Crippen LogP contribution in [0, 0.1) is 16.0 Å². The standard InChI is InChI=1S/C15H17N2O5/c1-22-11-7-10(8-16)12(13(15(11)19)17(20)21)14(18)9-5-3-2-4-6-9/h7,9,18-19H,2-6H2,1H3/q-1. The summed E-state index contributed by atoms with van der Waals surface area (Å²) in [7, 11) is 1.24. The molecule has 7 nitrogen and oxygen atoms in total. The highest BCUT2D eigenvalue weighted by Gasteiger charge is 2.27. The van der Waals surface area contributed by atoms with E-state index in [9.17, 15) is 25.7 Å². The maximum Gasteiger partial charge on any atom is 0.326 e. The summed E-state index contributed by atoms with van der Waals surface area (Å²) in [5, 5.41) is 40.8. The number of rotatable bonds is 3. The van der Waals surface area contributed by atoms with Gasteiger partial charge in [-0.25, -0.2) is 0 Å². The van der Waals surface area contributed by atoms with Crippen LogP contribution >= 0.6 is 0 Å². The number of phenolic OH excluding ortho intramolecular Hbond substituents is 1. The predicted octanol–water partition coefficient (Wildman–Crippen LogP) is 1.47. The van der Waals surface area contributed by atoms with Gasteiger partial charge in [0.15, 0.2) is 5.75 Å². The Bertz CT molecular complexity index is 731. The highest BCUT2D eigenvalue weighted by Crippen LogP contribution is 2.33. The molecule has 0 heterocycles. The van der Waals surface area contributed by atoms with Crippen LogP contribution in [0.3, 0.4) is 0 Å². The molecule has 2 rings (SSSR count). The van der Waals surface area contributed by atoms with Crippen LogP contribution in [0.4, 0.5) is 5.69 Å². The van der Waals surface area contributed by atoms with Gasteiger partial charge in [0.25, 0.3) is 0 Å². The second-order valence-corrected chi connectivity index (χ2v) is 5.29. The summed E-state index contributed by atoms with van der Waals surface area (Å²) in [6.45, 7) is 0. The Balaban J connectivity index is 2.86. The van der Waals surface area contributed by atoms with Crippen molar-refractivity contribution in [2.45, 2.75) is 32.1 Å². The number of aromatic hydroxyl groups is 1. The average Bonchev–Trinajstić information content (AvgIpc) is 2.54. The summed E-state index contributed by atoms with van der Waals surface area (Å²) < 4.78 is 4.86. The fraction of sp³-hybridized carbons (Fsp3) is 0.467. The molecular weight excluding hydrogens is 288 g/mol. The SMILES string of the molecule is COc1cc(=C=[N-])c(=C(O)C2CCCCC2)c([N+](=O)[O-])c1O. The maximum absolute atomic E-state index is 11.3. The Kier molecular flexibility index (Phi) is 4.68. The number of hydrogen-bond acceptors (Lipinski definition) is 5. The molecule has 1 aliphatic carbocycles. The number of nitro groups is 1. The van der Waals surface area contributed by atoms with Crippen molar-refractivity contribution >= 4 is 17.3 Å². The Morgan fingerprint density at radius 1 is 1.45 bits per heavy atom. The van der Waals surface area contributed by atoms with Crippen LogP contribution in [0.2, 0.25) is 0 Å². The number of aliphatic hydroxyl groups excluding tert-OH is 1. The fourth-order valence-corrected chi connectivity index (χ4v) is 2.90. The number of hydrogen-bond donors (Lipinski definition) is 2. The molecule has 1 aliphatic rings. The van der Waals surface area contributed by atoms with Gasteiger partial charge in [0.1, 0.15) is 11.0 Å². The lowest BCUT2D eigenvalue weighted by Crippen LogP contribution is -2.33. The molecule has 0 saturated heterocycles. The zero-order chi connectivity index (χ0) is 16.3. The molecule has 1 saturated carbocycles. The van der Waals surface area contributed by atoms with E-state index < -0.39 is 16.4 Å². The van der Waals surface area contributed by atoms with E-state index in [-0.39, 0.29) is 27.9 Å². The fourth-order valence-electron chi connectivity index (χ4n) is 2.90. The average molecular weight is 305 g/mol. The van der Waals surface area contributed by atoms with E-state index in [4.69, 9.17) is 4.74 Å². The van der Waals surface area contributed by atoms with E-state index in [0.717, 1.165) is 19.3 Å². The normalized spacial score (nSPS) is 16.8. The molecule has 1 aromatic carbocycles. The molecule has 1 fully saturated rings. The zero-order valence-corrected chi connectivity index (χ0v) is 12.2. The van der Waals surface area contributed by atoms with Gasteiger partial charge in [-0.1, -0.05) is 19.3 Å². The quantitative estimate of drug-likeness (QED) is 0.498. The van der Waals surface area contributed by atoms with Crippen LogP contribution in [-0.4, -0.2) is 28.1 Å². The van der Waals surface area contributed by atoms with E-state index in [1.807, 2.05) is 5.87 Å². The minimum atomic E-state index is -0.799. The van der Waals surface area contributed by atoms with Gasteiger partial charge >= 0.3 is 5.69 Å². The topological polar surface area (TPSA) is 115 Å². The number of phenols is 1. The molecule has 22 heavy (non-hydrogen) atoms. The Labute approximate surface area is 126 Å². The first-order valence-electron chi connectivity index (χ1n) is 7.05. The smallest absolute Gasteiger partial charge is 0.326 e. The third-order valence-electron chi connectivity index (χ3n) is 4.01. The van der Waals surface area contributed by atoms with Crippen molar-refractivity contribution in [2.75, 3.05) is 7.11 Å². The number of nitrogens with zero attached hydrogens (tertiary/aromatic N) is 2. The van der Waals surface area contributed by atoms with Crippen molar-refractivity contribution in [3.63, 3.8) is 0 Å². The molecule has 0 amide bonds. The number of methoxy groups -OCH3 is 1. The largest absolute Gasteiger partial charge is 0.763 e. The van der Waals surface area contributed by atoms with Crippen molar-refractivity contribution in [2.24, 2.45) is 5.92 Å². The third-order valence-corrected chi connectivity index (χ3v) is 4.01. The molecule has 0 aliphatic heterocycles. The van der Waals surface area contributed by atoms with Crippen LogP contribution in [-0.2, 0) is 0 Å². The van der Waals surface area contributed by atoms with Crippen molar-refractivity contribution in [1.29, 1.82) is 0 Å². The molecule has 0 radical (unpaired) electrons. The Hall–Kier alpha value is -2.53. The molecule has 0 unspecified atom stereocenters. The van der Waals surface area contributed by atoms with Crippen molar-refractivity contribution in [3.05, 3.63) is 32.0 Å². The Morgan fingerprint density at radius 2 is 2.09 bits per heavy atom. The van der Waals surface area contributed by atoms with E-state index in [2.05, 4.69) is 0 Å². The van der Waals surface area contributed by atoms with E-state index in [1.165, 1.54) is 13.2 Å². The number of benzene rings is 1. The van der Waals surface area contributed by atoms with Crippen LogP contribution in [0.25, 0.3) is 11.2 Å². The summed E-state index contributed by atoms with van der Waals surface area (Å²) in [4.78, 5) is 10.5. The molecule has 0 aromatic heterocycles. The number of ether oxygens (including phenoxy) is 1. The molecule has 2 N–H and O–H groups in total. The minimum absolute atomic E-state index is 0.0792. The van der Waals surface area contributed by atoms with Gasteiger partial charge in [-0.05, 0) is 18.9 Å². The molecule has 7 heteroatoms. The number of nitro benzene ring substituents is 1. The lowest BCUT2D eigenvalue weighted by Gasteiger charge is -2.21. The van der Waals surface area contributed by atoms with Crippen molar-refractivity contribution in [3.8, 4) is 11.5 Å². The van der Waals surface area contributed by atoms with E-state index in [0.29, 0.717) is 12.8 Å². The summed E-state index contributed by atoms with van der Waals surface area (Å²) in [5.74, 6) is 0.573. The summed E-state index contributed by atoms with van der Waals surface area (Å²) >= 11 is 0. The molecule has 0 bridgehead atoms. The zero-order valence-electron chi connectivity index (χ0n) is 12.2. The van der Waals surface area contributed by atoms with Gasteiger partial charge in [-0.3, -0.25) is 16.0 Å². The lowest BCUT2D eigenvalue weighted by molar-refractivity contribution is -0.387. The highest BCUT2D eigenvalue weighted by atomic mass is 16.6. The third kappa shape index (κ3) is 2.76. The van der Waals surface area contributed by atoms with Crippen LogP contribution in [0.15, 0.2) is 6.07 Å². The van der Waals surface area contributed by atoms with Crippen LogP contribution in [0.5, 0.6) is 11.5 Å². The van der Waals surface area contributed by atoms with E-state index in [1.54, 1.807) is 0 Å². The van der Waals surface area contributed by atoms with Crippen molar-refractivity contribution in [1.82, 2.24) is 0 Å². The molecule has 0 atom stereocenters. The highest BCUT2D eigenvalue weighted by molar-refractivity contribution is 5.67. The first-order chi connectivity index (χ1) is 10.5. The van der Waals surface area contributed by atoms with Crippen LogP contribution in [0.1, 0.15) is 32.1 Å². The van der Waals surface area contributed by atoms with Crippen molar-refractivity contribution < 1.29 is 19.9 Å². The second kappa shape index (κ2) is 6.49.